The molecule has 0 unspecified atom stereocenters. The quantitative estimate of drug-likeness (QED) is 0.498. The van der Waals surface area contributed by atoms with Crippen LogP contribution in [0.1, 0.15) is 38.5 Å². The van der Waals surface area contributed by atoms with Gasteiger partial charge in [0.1, 0.15) is 0 Å². The number of aliphatic hydroxyl groups excluding tert-OH is 2. The van der Waals surface area contributed by atoms with E-state index in [2.05, 4.69) is 9.80 Å². The molecule has 2 saturated heterocycles. The van der Waals surface area contributed by atoms with Crippen molar-refractivity contribution in [1.82, 2.24) is 9.80 Å². The van der Waals surface area contributed by atoms with Crippen LogP contribution in [0.5, 0.6) is 0 Å². The highest BCUT2D eigenvalue weighted by Gasteiger charge is 2.30. The third-order valence-electron chi connectivity index (χ3n) is 5.06. The number of piperidine rings is 2. The smallest absolute Gasteiger partial charge is 0.0977 e. The van der Waals surface area contributed by atoms with Crippen molar-refractivity contribution in [1.29, 1.82) is 0 Å². The predicted molar refractivity (Wildman–Crippen MR) is 88.5 cm³/mol. The standard InChI is InChI=1S/C16H34N4O2/c17-13(11-19-7-3-1-4-8-19)15(21)16(22)14(18)12-20-9-5-2-6-10-20/h13-16,21-22H,1-12,17-18H2/t13-,14-,15+,16+/m0/s1. The summed E-state index contributed by atoms with van der Waals surface area (Å²) in [6.07, 6.45) is 5.41. The van der Waals surface area contributed by atoms with Crippen molar-refractivity contribution in [2.45, 2.75) is 62.8 Å². The van der Waals surface area contributed by atoms with Crippen LogP contribution in [-0.4, -0.2) is 83.6 Å². The Kier molecular flexibility index (Phi) is 7.53. The lowest BCUT2D eigenvalue weighted by molar-refractivity contribution is -0.0230. The van der Waals surface area contributed by atoms with E-state index in [1.54, 1.807) is 0 Å². The second kappa shape index (κ2) is 9.15. The van der Waals surface area contributed by atoms with Gasteiger partial charge in [-0.1, -0.05) is 12.8 Å². The molecule has 2 aliphatic heterocycles. The van der Waals surface area contributed by atoms with E-state index in [0.717, 1.165) is 26.2 Å². The highest BCUT2D eigenvalue weighted by Crippen LogP contribution is 2.13. The fourth-order valence-electron chi connectivity index (χ4n) is 3.60. The molecule has 0 radical (unpaired) electrons. The maximum Gasteiger partial charge on any atom is 0.0977 e. The van der Waals surface area contributed by atoms with Gasteiger partial charge in [0, 0.05) is 25.2 Å². The minimum absolute atomic E-state index is 0.444. The Morgan fingerprint density at radius 2 is 0.955 bits per heavy atom. The minimum Gasteiger partial charge on any atom is -0.389 e. The summed E-state index contributed by atoms with van der Waals surface area (Å²) in [6, 6.07) is -0.888. The molecule has 6 heteroatoms. The number of aliphatic hydroxyl groups is 2. The molecule has 0 aromatic carbocycles. The fraction of sp³-hybridized carbons (Fsp3) is 1.00. The van der Waals surface area contributed by atoms with E-state index in [1.807, 2.05) is 0 Å². The van der Waals surface area contributed by atoms with Crippen molar-refractivity contribution in [2.75, 3.05) is 39.3 Å². The van der Waals surface area contributed by atoms with Gasteiger partial charge in [-0.2, -0.15) is 0 Å². The molecule has 0 bridgehead atoms. The number of likely N-dealkylation sites (tertiary alicyclic amines) is 2. The van der Waals surface area contributed by atoms with Crippen molar-refractivity contribution < 1.29 is 10.2 Å². The van der Waals surface area contributed by atoms with Crippen LogP contribution < -0.4 is 11.5 Å². The Hall–Kier alpha value is -0.240. The first kappa shape index (κ1) is 18.1. The molecule has 0 aliphatic carbocycles. The Balaban J connectivity index is 1.74. The zero-order valence-corrected chi connectivity index (χ0v) is 13.7. The predicted octanol–water partition coefficient (Wildman–Crippen LogP) is -0.665. The van der Waals surface area contributed by atoms with E-state index in [4.69, 9.17) is 11.5 Å². The molecule has 0 aromatic heterocycles. The number of nitrogens with zero attached hydrogens (tertiary/aromatic N) is 2. The summed E-state index contributed by atoms with van der Waals surface area (Å²) in [5, 5.41) is 20.6. The normalized spacial score (nSPS) is 27.3. The Labute approximate surface area is 134 Å². The summed E-state index contributed by atoms with van der Waals surface area (Å²) in [4.78, 5) is 4.56. The third kappa shape index (κ3) is 5.44. The van der Waals surface area contributed by atoms with Crippen molar-refractivity contribution >= 4 is 0 Å². The molecule has 2 heterocycles. The van der Waals surface area contributed by atoms with Gasteiger partial charge in [-0.3, -0.25) is 0 Å². The van der Waals surface area contributed by atoms with Crippen LogP contribution >= 0.6 is 0 Å². The molecule has 2 aliphatic rings. The van der Waals surface area contributed by atoms with E-state index in [0.29, 0.717) is 13.1 Å². The van der Waals surface area contributed by atoms with Gasteiger partial charge in [0.05, 0.1) is 12.2 Å². The molecular weight excluding hydrogens is 280 g/mol. The minimum atomic E-state index is -0.957. The zero-order chi connectivity index (χ0) is 15.9. The van der Waals surface area contributed by atoms with E-state index in [1.165, 1.54) is 38.5 Å². The monoisotopic (exact) mass is 314 g/mol. The van der Waals surface area contributed by atoms with E-state index >= 15 is 0 Å². The number of hydrogen-bond donors (Lipinski definition) is 4. The van der Waals surface area contributed by atoms with Gasteiger partial charge in [-0.15, -0.1) is 0 Å². The molecule has 0 spiro atoms. The van der Waals surface area contributed by atoms with Gasteiger partial charge >= 0.3 is 0 Å². The van der Waals surface area contributed by atoms with Gasteiger partial charge in [-0.05, 0) is 51.9 Å². The van der Waals surface area contributed by atoms with Gasteiger partial charge in [0.25, 0.3) is 0 Å². The Bertz CT molecular complexity index is 277. The largest absolute Gasteiger partial charge is 0.389 e. The number of hydrogen-bond acceptors (Lipinski definition) is 6. The van der Waals surface area contributed by atoms with E-state index in [-0.39, 0.29) is 0 Å². The Morgan fingerprint density at radius 3 is 1.27 bits per heavy atom. The van der Waals surface area contributed by atoms with Gasteiger partial charge < -0.3 is 31.5 Å². The van der Waals surface area contributed by atoms with Gasteiger partial charge in [0.2, 0.25) is 0 Å². The second-order valence-electron chi connectivity index (χ2n) is 7.03. The van der Waals surface area contributed by atoms with Crippen LogP contribution in [0.4, 0.5) is 0 Å². The number of rotatable bonds is 7. The first-order valence-corrected chi connectivity index (χ1v) is 8.90. The maximum atomic E-state index is 10.3. The summed E-state index contributed by atoms with van der Waals surface area (Å²) >= 11 is 0. The summed E-state index contributed by atoms with van der Waals surface area (Å²) in [6.45, 7) is 5.42. The van der Waals surface area contributed by atoms with Crippen LogP contribution in [0.3, 0.4) is 0 Å². The highest BCUT2D eigenvalue weighted by atomic mass is 16.3. The molecule has 130 valence electrons. The lowest BCUT2D eigenvalue weighted by Crippen LogP contribution is -2.57. The van der Waals surface area contributed by atoms with Crippen molar-refractivity contribution in [3.8, 4) is 0 Å². The third-order valence-corrected chi connectivity index (χ3v) is 5.06. The van der Waals surface area contributed by atoms with Crippen molar-refractivity contribution in [2.24, 2.45) is 11.5 Å². The highest BCUT2D eigenvalue weighted by molar-refractivity contribution is 4.89. The molecule has 0 amide bonds. The molecule has 2 fully saturated rings. The molecule has 6 N–H and O–H groups in total. The lowest BCUT2D eigenvalue weighted by atomic mass is 9.98. The summed E-state index contributed by atoms with van der Waals surface area (Å²) in [5.74, 6) is 0. The molecule has 6 nitrogen and oxygen atoms in total. The first-order valence-electron chi connectivity index (χ1n) is 8.90. The van der Waals surface area contributed by atoms with Crippen LogP contribution in [0.2, 0.25) is 0 Å². The average Bonchev–Trinajstić information content (AvgIpc) is 2.55. The lowest BCUT2D eigenvalue weighted by Gasteiger charge is -2.35. The molecule has 2 rings (SSSR count). The van der Waals surface area contributed by atoms with Crippen molar-refractivity contribution in [3.63, 3.8) is 0 Å². The fourth-order valence-corrected chi connectivity index (χ4v) is 3.60. The van der Waals surface area contributed by atoms with Gasteiger partial charge in [-0.25, -0.2) is 0 Å². The molecule has 0 saturated carbocycles. The van der Waals surface area contributed by atoms with Crippen LogP contribution in [0.15, 0.2) is 0 Å². The number of nitrogens with two attached hydrogens (primary N) is 2. The summed E-state index contributed by atoms with van der Waals surface area (Å²) in [5.41, 5.74) is 12.2. The Morgan fingerprint density at radius 1 is 0.636 bits per heavy atom. The van der Waals surface area contributed by atoms with E-state index < -0.39 is 24.3 Å². The molecule has 4 atom stereocenters. The van der Waals surface area contributed by atoms with Gasteiger partial charge in [0.15, 0.2) is 0 Å². The van der Waals surface area contributed by atoms with E-state index in [9.17, 15) is 10.2 Å². The van der Waals surface area contributed by atoms with Crippen LogP contribution in [0.25, 0.3) is 0 Å². The summed E-state index contributed by atoms with van der Waals surface area (Å²) in [7, 11) is 0. The zero-order valence-electron chi connectivity index (χ0n) is 13.7. The van der Waals surface area contributed by atoms with Crippen molar-refractivity contribution in [3.05, 3.63) is 0 Å². The maximum absolute atomic E-state index is 10.3. The topological polar surface area (TPSA) is 99.0 Å². The summed E-state index contributed by atoms with van der Waals surface area (Å²) < 4.78 is 0. The molecular formula is C16H34N4O2. The van der Waals surface area contributed by atoms with Crippen LogP contribution in [-0.2, 0) is 0 Å². The molecule has 22 heavy (non-hydrogen) atoms. The average molecular weight is 314 g/mol. The SMILES string of the molecule is N[C@@H](CN1CCCCC1)[C@@H](O)[C@H](O)[C@@H](N)CN1CCCCC1. The second-order valence-corrected chi connectivity index (χ2v) is 7.03. The van der Waals surface area contributed by atoms with Crippen LogP contribution in [0, 0.1) is 0 Å². The first-order chi connectivity index (χ1) is 10.6. The molecule has 0 aromatic rings.